The van der Waals surface area contributed by atoms with Crippen molar-refractivity contribution in [2.75, 3.05) is 48.8 Å². The number of thiazole rings is 1. The van der Waals surface area contributed by atoms with Crippen LogP contribution in [0.2, 0.25) is 0 Å². The van der Waals surface area contributed by atoms with E-state index in [1.165, 1.54) is 17.5 Å². The fraction of sp³-hybridized carbons (Fsp3) is 0.333. The predicted molar refractivity (Wildman–Crippen MR) is 126 cm³/mol. The summed E-state index contributed by atoms with van der Waals surface area (Å²) in [6.07, 6.45) is 3.31. The number of anilines is 4. The number of amides is 1. The van der Waals surface area contributed by atoms with Gasteiger partial charge in [-0.25, -0.2) is 24.8 Å². The average molecular weight is 450 g/mol. The van der Waals surface area contributed by atoms with Crippen molar-refractivity contribution in [2.45, 2.75) is 13.8 Å². The maximum atomic E-state index is 11.5. The van der Waals surface area contributed by atoms with Crippen LogP contribution in [0.4, 0.5) is 28.3 Å². The largest absolute Gasteiger partial charge is 0.367 e. The van der Waals surface area contributed by atoms with E-state index in [2.05, 4.69) is 40.3 Å². The Labute approximate surface area is 190 Å². The van der Waals surface area contributed by atoms with Crippen molar-refractivity contribution >= 4 is 45.5 Å². The van der Waals surface area contributed by atoms with Gasteiger partial charge in [0.05, 0.1) is 34.7 Å². The fourth-order valence-electron chi connectivity index (χ4n) is 3.45. The highest BCUT2D eigenvalue weighted by Crippen LogP contribution is 2.37. The van der Waals surface area contributed by atoms with Crippen molar-refractivity contribution in [3.05, 3.63) is 41.6 Å². The van der Waals surface area contributed by atoms with Gasteiger partial charge in [0.15, 0.2) is 5.13 Å². The van der Waals surface area contributed by atoms with E-state index in [-0.39, 0.29) is 5.91 Å². The molecule has 4 heterocycles. The second-order valence-electron chi connectivity index (χ2n) is 7.24. The molecular formula is C21H23N9OS. The first-order valence-corrected chi connectivity index (χ1v) is 10.9. The van der Waals surface area contributed by atoms with Crippen LogP contribution in [0, 0.1) is 13.5 Å². The Hall–Kier alpha value is -3.78. The second-order valence-corrected chi connectivity index (χ2v) is 8.24. The van der Waals surface area contributed by atoms with E-state index in [1.54, 1.807) is 13.1 Å². The van der Waals surface area contributed by atoms with Crippen LogP contribution in [-0.4, -0.2) is 64.0 Å². The van der Waals surface area contributed by atoms with Gasteiger partial charge in [0.1, 0.15) is 5.82 Å². The zero-order valence-electron chi connectivity index (χ0n) is 18.1. The summed E-state index contributed by atoms with van der Waals surface area (Å²) in [7, 11) is 1.81. The van der Waals surface area contributed by atoms with Gasteiger partial charge in [-0.3, -0.25) is 4.79 Å². The standard InChI is InChI=1S/C21H23N9OS/c1-13-19(32-21(23-4)26-13)18-16(22-3)12-25-20(28-18)27-17-6-5-15(11-24-17)30-9-7-29(8-10-30)14(2)31/h5-6,11-12H,7-10H2,1-2,4H3,(H,23,26)(H,24,25,27,28). The van der Waals surface area contributed by atoms with E-state index in [0.29, 0.717) is 36.2 Å². The van der Waals surface area contributed by atoms with E-state index in [4.69, 9.17) is 6.57 Å². The average Bonchev–Trinajstić information content (AvgIpc) is 3.20. The Morgan fingerprint density at radius 3 is 2.53 bits per heavy atom. The van der Waals surface area contributed by atoms with Crippen LogP contribution in [0.15, 0.2) is 24.5 Å². The third-order valence-corrected chi connectivity index (χ3v) is 6.37. The smallest absolute Gasteiger partial charge is 0.231 e. The molecule has 0 unspecified atom stereocenters. The summed E-state index contributed by atoms with van der Waals surface area (Å²) in [6.45, 7) is 13.9. The molecule has 1 amide bonds. The first-order chi connectivity index (χ1) is 15.5. The van der Waals surface area contributed by atoms with E-state index in [0.717, 1.165) is 34.5 Å². The maximum Gasteiger partial charge on any atom is 0.231 e. The number of hydrogen-bond acceptors (Lipinski definition) is 9. The monoisotopic (exact) mass is 449 g/mol. The number of pyridine rings is 1. The molecule has 0 atom stereocenters. The first kappa shape index (κ1) is 21.5. The fourth-order valence-corrected chi connectivity index (χ4v) is 4.37. The quantitative estimate of drug-likeness (QED) is 0.572. The van der Waals surface area contributed by atoms with Gasteiger partial charge in [0.25, 0.3) is 0 Å². The molecule has 1 fully saturated rings. The number of hydrogen-bond donors (Lipinski definition) is 2. The molecule has 0 saturated carbocycles. The summed E-state index contributed by atoms with van der Waals surface area (Å²) in [5.41, 5.74) is 2.73. The number of carbonyl (C=O) groups is 1. The molecule has 11 heteroatoms. The Bertz CT molecular complexity index is 1160. The Morgan fingerprint density at radius 1 is 1.16 bits per heavy atom. The van der Waals surface area contributed by atoms with E-state index >= 15 is 0 Å². The minimum absolute atomic E-state index is 0.113. The molecule has 4 rings (SSSR count). The van der Waals surface area contributed by atoms with Gasteiger partial charge in [0, 0.05) is 46.3 Å². The molecule has 0 radical (unpaired) electrons. The third-order valence-electron chi connectivity index (χ3n) is 5.19. The van der Waals surface area contributed by atoms with Gasteiger partial charge in [-0.15, -0.1) is 0 Å². The molecule has 3 aromatic rings. The van der Waals surface area contributed by atoms with Crippen LogP contribution < -0.4 is 15.5 Å². The van der Waals surface area contributed by atoms with E-state index in [9.17, 15) is 4.79 Å². The zero-order chi connectivity index (χ0) is 22.7. The van der Waals surface area contributed by atoms with Gasteiger partial charge in [0.2, 0.25) is 17.5 Å². The predicted octanol–water partition coefficient (Wildman–Crippen LogP) is 3.31. The van der Waals surface area contributed by atoms with Gasteiger partial charge in [-0.1, -0.05) is 11.3 Å². The molecule has 1 aliphatic heterocycles. The summed E-state index contributed by atoms with van der Waals surface area (Å²) < 4.78 is 0. The van der Waals surface area contributed by atoms with Gasteiger partial charge < -0.3 is 20.4 Å². The molecule has 1 aliphatic rings. The Balaban J connectivity index is 1.50. The lowest BCUT2D eigenvalue weighted by Gasteiger charge is -2.35. The zero-order valence-corrected chi connectivity index (χ0v) is 18.9. The highest BCUT2D eigenvalue weighted by Gasteiger charge is 2.19. The van der Waals surface area contributed by atoms with Crippen molar-refractivity contribution in [3.8, 4) is 10.6 Å². The van der Waals surface area contributed by atoms with E-state index in [1.807, 2.05) is 31.0 Å². The highest BCUT2D eigenvalue weighted by atomic mass is 32.1. The van der Waals surface area contributed by atoms with Crippen molar-refractivity contribution in [3.63, 3.8) is 0 Å². The van der Waals surface area contributed by atoms with Crippen LogP contribution in [0.3, 0.4) is 0 Å². The number of aryl methyl sites for hydroxylation is 1. The summed E-state index contributed by atoms with van der Waals surface area (Å²) in [6, 6.07) is 3.86. The van der Waals surface area contributed by atoms with Crippen molar-refractivity contribution in [1.82, 2.24) is 24.8 Å². The van der Waals surface area contributed by atoms with E-state index < -0.39 is 0 Å². The number of piperazine rings is 1. The SMILES string of the molecule is [C-]#[N+]c1cnc(Nc2ccc(N3CCN(C(C)=O)CC3)cn2)nc1-c1sc(NC)nc1C. The molecule has 10 nitrogen and oxygen atoms in total. The molecule has 0 aromatic carbocycles. The summed E-state index contributed by atoms with van der Waals surface area (Å²) in [5, 5.41) is 6.91. The summed E-state index contributed by atoms with van der Waals surface area (Å²) >= 11 is 1.45. The summed E-state index contributed by atoms with van der Waals surface area (Å²) in [4.78, 5) is 37.7. The molecule has 2 N–H and O–H groups in total. The maximum absolute atomic E-state index is 11.5. The van der Waals surface area contributed by atoms with Crippen LogP contribution in [0.25, 0.3) is 15.4 Å². The van der Waals surface area contributed by atoms with Gasteiger partial charge in [-0.2, -0.15) is 0 Å². The molecular weight excluding hydrogens is 426 g/mol. The van der Waals surface area contributed by atoms with Crippen LogP contribution in [0.1, 0.15) is 12.6 Å². The minimum Gasteiger partial charge on any atom is -0.367 e. The van der Waals surface area contributed by atoms with Crippen molar-refractivity contribution < 1.29 is 4.79 Å². The van der Waals surface area contributed by atoms with Crippen molar-refractivity contribution in [2.24, 2.45) is 0 Å². The number of nitrogens with zero attached hydrogens (tertiary/aromatic N) is 7. The lowest BCUT2D eigenvalue weighted by Crippen LogP contribution is -2.48. The Kier molecular flexibility index (Phi) is 6.13. The molecule has 164 valence electrons. The lowest BCUT2D eigenvalue weighted by atomic mass is 10.2. The topological polar surface area (TPSA) is 104 Å². The third kappa shape index (κ3) is 4.45. The van der Waals surface area contributed by atoms with Gasteiger partial charge >= 0.3 is 0 Å². The van der Waals surface area contributed by atoms with Crippen LogP contribution in [0.5, 0.6) is 0 Å². The second kappa shape index (κ2) is 9.15. The lowest BCUT2D eigenvalue weighted by molar-refractivity contribution is -0.129. The molecule has 3 aromatic heterocycles. The highest BCUT2D eigenvalue weighted by molar-refractivity contribution is 7.19. The van der Waals surface area contributed by atoms with Crippen LogP contribution in [-0.2, 0) is 4.79 Å². The number of carbonyl (C=O) groups excluding carboxylic acids is 1. The molecule has 1 saturated heterocycles. The Morgan fingerprint density at radius 2 is 1.94 bits per heavy atom. The number of nitrogens with one attached hydrogen (secondary N) is 2. The first-order valence-electron chi connectivity index (χ1n) is 10.1. The van der Waals surface area contributed by atoms with Crippen LogP contribution >= 0.6 is 11.3 Å². The normalized spacial score (nSPS) is 13.6. The molecule has 0 bridgehead atoms. The number of rotatable bonds is 5. The van der Waals surface area contributed by atoms with Crippen molar-refractivity contribution in [1.29, 1.82) is 0 Å². The number of aromatic nitrogens is 4. The summed E-state index contributed by atoms with van der Waals surface area (Å²) in [5.74, 6) is 1.08. The molecule has 32 heavy (non-hydrogen) atoms. The molecule has 0 aliphatic carbocycles. The van der Waals surface area contributed by atoms with Gasteiger partial charge in [-0.05, 0) is 19.1 Å². The minimum atomic E-state index is 0.113. The molecule has 0 spiro atoms.